The molecule has 0 saturated carbocycles. The summed E-state index contributed by atoms with van der Waals surface area (Å²) in [5.74, 6) is 0. The van der Waals surface area contributed by atoms with Crippen LogP contribution in [-0.2, 0) is 6.54 Å². The zero-order valence-corrected chi connectivity index (χ0v) is 10.8. The Hall–Kier alpha value is -1.32. The van der Waals surface area contributed by atoms with Crippen molar-refractivity contribution in [2.24, 2.45) is 0 Å². The lowest BCUT2D eigenvalue weighted by atomic mass is 10.1. The number of nitrogens with one attached hydrogen (secondary N) is 1. The van der Waals surface area contributed by atoms with Crippen molar-refractivity contribution in [3.05, 3.63) is 51.8 Å². The molecule has 17 heavy (non-hydrogen) atoms. The molecule has 1 aromatic heterocycles. The number of anilines is 1. The predicted octanol–water partition coefficient (Wildman–Crippen LogP) is 3.70. The Morgan fingerprint density at radius 1 is 1.12 bits per heavy atom. The van der Waals surface area contributed by atoms with Gasteiger partial charge in [0.25, 0.3) is 0 Å². The summed E-state index contributed by atoms with van der Waals surface area (Å²) >= 11 is 11.6. The summed E-state index contributed by atoms with van der Waals surface area (Å²) in [7, 11) is 0. The molecule has 88 valence electrons. The Kier molecular flexibility index (Phi) is 3.82. The van der Waals surface area contributed by atoms with Crippen molar-refractivity contribution >= 4 is 28.9 Å². The second kappa shape index (κ2) is 5.34. The maximum Gasteiger partial charge on any atom is 0.174 e. The van der Waals surface area contributed by atoms with Gasteiger partial charge in [0.05, 0.1) is 5.69 Å². The lowest BCUT2D eigenvalue weighted by molar-refractivity contribution is 1.02. The summed E-state index contributed by atoms with van der Waals surface area (Å²) in [6, 6.07) is 9.91. The average Bonchev–Trinajstić information content (AvgIpc) is 2.32. The molecule has 0 spiro atoms. The summed E-state index contributed by atoms with van der Waals surface area (Å²) in [4.78, 5) is 0. The number of rotatable bonds is 3. The van der Waals surface area contributed by atoms with Crippen LogP contribution in [0.1, 0.15) is 11.1 Å². The fourth-order valence-corrected chi connectivity index (χ4v) is 1.69. The lowest BCUT2D eigenvalue weighted by Gasteiger charge is -2.07. The largest absolute Gasteiger partial charge is 0.378 e. The van der Waals surface area contributed by atoms with Crippen molar-refractivity contribution in [2.75, 3.05) is 5.32 Å². The monoisotopic (exact) mass is 267 g/mol. The van der Waals surface area contributed by atoms with Gasteiger partial charge in [0, 0.05) is 12.6 Å². The molecule has 1 N–H and O–H groups in total. The van der Waals surface area contributed by atoms with Crippen molar-refractivity contribution < 1.29 is 0 Å². The topological polar surface area (TPSA) is 37.8 Å². The van der Waals surface area contributed by atoms with Gasteiger partial charge in [-0.25, -0.2) is 0 Å². The van der Waals surface area contributed by atoms with Gasteiger partial charge in [-0.2, -0.15) is 0 Å². The van der Waals surface area contributed by atoms with Gasteiger partial charge in [-0.3, -0.25) is 0 Å². The zero-order valence-electron chi connectivity index (χ0n) is 9.24. The molecule has 0 amide bonds. The van der Waals surface area contributed by atoms with E-state index in [0.29, 0.717) is 22.5 Å². The molecule has 1 heterocycles. The number of halogens is 2. The third kappa shape index (κ3) is 3.32. The molecule has 0 atom stereocenters. The molecule has 0 saturated heterocycles. The van der Waals surface area contributed by atoms with Gasteiger partial charge in [0.2, 0.25) is 0 Å². The van der Waals surface area contributed by atoms with Gasteiger partial charge in [0.15, 0.2) is 10.3 Å². The molecule has 2 aromatic rings. The van der Waals surface area contributed by atoms with Gasteiger partial charge < -0.3 is 5.32 Å². The molecule has 0 fully saturated rings. The van der Waals surface area contributed by atoms with E-state index >= 15 is 0 Å². The lowest BCUT2D eigenvalue weighted by Crippen LogP contribution is -2.01. The molecular formula is C12H11Cl2N3. The molecule has 0 bridgehead atoms. The van der Waals surface area contributed by atoms with Crippen LogP contribution in [-0.4, -0.2) is 10.2 Å². The Balaban J connectivity index is 2.07. The van der Waals surface area contributed by atoms with Crippen LogP contribution < -0.4 is 5.32 Å². The molecule has 3 nitrogen and oxygen atoms in total. The van der Waals surface area contributed by atoms with Crippen LogP contribution in [0.25, 0.3) is 0 Å². The van der Waals surface area contributed by atoms with Crippen molar-refractivity contribution in [1.82, 2.24) is 10.2 Å². The van der Waals surface area contributed by atoms with E-state index in [1.54, 1.807) is 6.07 Å². The van der Waals surface area contributed by atoms with E-state index in [-0.39, 0.29) is 0 Å². The maximum absolute atomic E-state index is 5.89. The smallest absolute Gasteiger partial charge is 0.174 e. The van der Waals surface area contributed by atoms with E-state index < -0.39 is 0 Å². The first-order valence-corrected chi connectivity index (χ1v) is 5.89. The number of aromatic nitrogens is 2. The van der Waals surface area contributed by atoms with Crippen molar-refractivity contribution in [3.63, 3.8) is 0 Å². The highest BCUT2D eigenvalue weighted by Gasteiger charge is 2.03. The number of hydrogen-bond donors (Lipinski definition) is 1. The molecule has 1 aromatic carbocycles. The number of hydrogen-bond acceptors (Lipinski definition) is 3. The van der Waals surface area contributed by atoms with Crippen LogP contribution in [0.5, 0.6) is 0 Å². The van der Waals surface area contributed by atoms with Crippen LogP contribution >= 0.6 is 23.2 Å². The minimum Gasteiger partial charge on any atom is -0.378 e. The van der Waals surface area contributed by atoms with Crippen LogP contribution in [0.4, 0.5) is 5.69 Å². The molecule has 2 rings (SSSR count). The Labute approximate surface area is 110 Å². The van der Waals surface area contributed by atoms with Crippen molar-refractivity contribution in [2.45, 2.75) is 13.5 Å². The summed E-state index contributed by atoms with van der Waals surface area (Å²) < 4.78 is 0. The standard InChI is InChI=1S/C12H11Cl2N3/c1-8-2-4-9(5-3-8)7-15-10-6-11(13)16-17-12(10)14/h2-6H,7H2,1H3,(H,15,16). The second-order valence-electron chi connectivity index (χ2n) is 3.71. The van der Waals surface area contributed by atoms with E-state index in [9.17, 15) is 0 Å². The third-order valence-electron chi connectivity index (χ3n) is 2.32. The van der Waals surface area contributed by atoms with E-state index in [0.717, 1.165) is 0 Å². The first kappa shape index (κ1) is 12.1. The number of nitrogens with zero attached hydrogens (tertiary/aromatic N) is 2. The van der Waals surface area contributed by atoms with E-state index in [1.165, 1.54) is 11.1 Å². The van der Waals surface area contributed by atoms with Gasteiger partial charge in [-0.05, 0) is 12.5 Å². The Morgan fingerprint density at radius 3 is 2.53 bits per heavy atom. The Morgan fingerprint density at radius 2 is 1.82 bits per heavy atom. The Bertz CT molecular complexity index is 512. The van der Waals surface area contributed by atoms with Crippen LogP contribution in [0.3, 0.4) is 0 Å². The quantitative estimate of drug-likeness (QED) is 0.922. The minimum absolute atomic E-state index is 0.320. The van der Waals surface area contributed by atoms with Crippen LogP contribution in [0.2, 0.25) is 10.3 Å². The van der Waals surface area contributed by atoms with E-state index in [2.05, 4.69) is 46.7 Å². The van der Waals surface area contributed by atoms with Gasteiger partial charge >= 0.3 is 0 Å². The SMILES string of the molecule is Cc1ccc(CNc2cc(Cl)nnc2Cl)cc1. The molecule has 0 unspecified atom stereocenters. The molecule has 5 heteroatoms. The first-order valence-electron chi connectivity index (χ1n) is 5.13. The molecular weight excluding hydrogens is 257 g/mol. The number of benzene rings is 1. The van der Waals surface area contributed by atoms with Crippen LogP contribution in [0.15, 0.2) is 30.3 Å². The van der Waals surface area contributed by atoms with Gasteiger partial charge in [-0.1, -0.05) is 53.0 Å². The third-order valence-corrected chi connectivity index (χ3v) is 2.79. The second-order valence-corrected chi connectivity index (χ2v) is 4.46. The van der Waals surface area contributed by atoms with Gasteiger partial charge in [-0.15, -0.1) is 10.2 Å². The average molecular weight is 268 g/mol. The first-order chi connectivity index (χ1) is 8.15. The van der Waals surface area contributed by atoms with Crippen molar-refractivity contribution in [3.8, 4) is 0 Å². The molecule has 0 aliphatic rings. The summed E-state index contributed by atoms with van der Waals surface area (Å²) in [5.41, 5.74) is 3.09. The predicted molar refractivity (Wildman–Crippen MR) is 70.6 cm³/mol. The maximum atomic E-state index is 5.89. The highest BCUT2D eigenvalue weighted by molar-refractivity contribution is 6.33. The fraction of sp³-hybridized carbons (Fsp3) is 0.167. The summed E-state index contributed by atoms with van der Waals surface area (Å²) in [6.07, 6.45) is 0. The number of aryl methyl sites for hydroxylation is 1. The highest BCUT2D eigenvalue weighted by atomic mass is 35.5. The van der Waals surface area contributed by atoms with E-state index in [4.69, 9.17) is 23.2 Å². The molecule has 0 radical (unpaired) electrons. The summed E-state index contributed by atoms with van der Waals surface area (Å²) in [5, 5.41) is 11.2. The minimum atomic E-state index is 0.320. The fourth-order valence-electron chi connectivity index (χ4n) is 1.38. The molecule has 0 aliphatic heterocycles. The van der Waals surface area contributed by atoms with Gasteiger partial charge in [0.1, 0.15) is 0 Å². The zero-order chi connectivity index (χ0) is 12.3. The highest BCUT2D eigenvalue weighted by Crippen LogP contribution is 2.21. The molecule has 0 aliphatic carbocycles. The van der Waals surface area contributed by atoms with Crippen molar-refractivity contribution in [1.29, 1.82) is 0 Å². The van der Waals surface area contributed by atoms with Crippen LogP contribution in [0, 0.1) is 6.92 Å². The summed E-state index contributed by atoms with van der Waals surface area (Å²) in [6.45, 7) is 2.72. The van der Waals surface area contributed by atoms with E-state index in [1.807, 2.05) is 0 Å². The normalized spacial score (nSPS) is 10.3.